The molecule has 0 saturated heterocycles. The zero-order chi connectivity index (χ0) is 10.2. The van der Waals surface area contributed by atoms with Gasteiger partial charge in [0.15, 0.2) is 0 Å². The number of hydrogen-bond acceptors (Lipinski definition) is 12. The fourth-order valence-electron chi connectivity index (χ4n) is 0.283. The maximum absolute atomic E-state index is 9.55. The summed E-state index contributed by atoms with van der Waals surface area (Å²) in [6, 6.07) is 0. The van der Waals surface area contributed by atoms with Gasteiger partial charge in [0.2, 0.25) is 0 Å². The van der Waals surface area contributed by atoms with Gasteiger partial charge in [-0.1, -0.05) is 0 Å². The van der Waals surface area contributed by atoms with Gasteiger partial charge in [-0.2, -0.15) is 0 Å². The van der Waals surface area contributed by atoms with Crippen LogP contribution in [0.2, 0.25) is 0 Å². The minimum atomic E-state index is -5.24. The SMILES string of the molecule is O=N[O][Ge]([O]N=O)([O]N=O)[O]N=O. The Kier molecular flexibility index (Phi) is 4.93. The summed E-state index contributed by atoms with van der Waals surface area (Å²) in [5.74, 6) is 0. The molecule has 0 aliphatic heterocycles. The molecule has 0 bridgehead atoms. The van der Waals surface area contributed by atoms with E-state index in [4.69, 9.17) is 0 Å². The summed E-state index contributed by atoms with van der Waals surface area (Å²) >= 11 is -5.24. The normalized spacial score (nSPS) is 9.23. The van der Waals surface area contributed by atoms with Crippen LogP contribution in [0, 0.1) is 19.6 Å². The first-order valence-electron chi connectivity index (χ1n) is 2.28. The van der Waals surface area contributed by atoms with Crippen molar-refractivity contribution in [1.82, 2.24) is 0 Å². The Bertz CT molecular complexity index is 157. The summed E-state index contributed by atoms with van der Waals surface area (Å²) in [6.07, 6.45) is 0. The van der Waals surface area contributed by atoms with Crippen molar-refractivity contribution in [2.75, 3.05) is 0 Å². The molecule has 0 aromatic heterocycles. The number of rotatable bonds is 8. The molecule has 0 spiro atoms. The van der Waals surface area contributed by atoms with Crippen molar-refractivity contribution in [2.45, 2.75) is 0 Å². The van der Waals surface area contributed by atoms with E-state index >= 15 is 0 Å². The predicted octanol–water partition coefficient (Wildman–Crippen LogP) is 0.214. The van der Waals surface area contributed by atoms with Gasteiger partial charge in [-0.3, -0.25) is 0 Å². The van der Waals surface area contributed by atoms with Gasteiger partial charge in [0.25, 0.3) is 0 Å². The summed E-state index contributed by atoms with van der Waals surface area (Å²) in [4.78, 5) is 38.2. The Morgan fingerprint density at radius 1 is 0.615 bits per heavy atom. The molecule has 0 atom stereocenters. The van der Waals surface area contributed by atoms with Crippen LogP contribution >= 0.6 is 0 Å². The van der Waals surface area contributed by atoms with Gasteiger partial charge >= 0.3 is 71.1 Å². The van der Waals surface area contributed by atoms with E-state index in [1.807, 2.05) is 0 Å². The third kappa shape index (κ3) is 3.36. The van der Waals surface area contributed by atoms with E-state index in [0.717, 1.165) is 0 Å². The van der Waals surface area contributed by atoms with Crippen molar-refractivity contribution >= 4 is 14.6 Å². The molecule has 0 saturated carbocycles. The van der Waals surface area contributed by atoms with Crippen LogP contribution in [-0.2, 0) is 15.5 Å². The van der Waals surface area contributed by atoms with Crippen LogP contribution < -0.4 is 0 Å². The first-order valence-corrected chi connectivity index (χ1v) is 5.70. The molecule has 0 heterocycles. The molecule has 0 aliphatic rings. The predicted molar refractivity (Wildman–Crippen MR) is 33.3 cm³/mol. The second kappa shape index (κ2) is 5.75. The quantitative estimate of drug-likeness (QED) is 0.339. The first kappa shape index (κ1) is 11.1. The molecule has 0 N–H and O–H groups in total. The van der Waals surface area contributed by atoms with Crippen molar-refractivity contribution in [3.63, 3.8) is 0 Å². The van der Waals surface area contributed by atoms with Gasteiger partial charge < -0.3 is 0 Å². The Balaban J connectivity index is 4.53. The monoisotopic (exact) mass is 258 g/mol. The molecule has 0 amide bonds. The van der Waals surface area contributed by atoms with Crippen LogP contribution in [0.25, 0.3) is 0 Å². The summed E-state index contributed by atoms with van der Waals surface area (Å²) in [5, 5.41) is 6.90. The second-order valence-corrected chi connectivity index (χ2v) is 4.79. The van der Waals surface area contributed by atoms with Gasteiger partial charge in [-0.25, -0.2) is 0 Å². The van der Waals surface area contributed by atoms with Crippen LogP contribution in [-0.4, -0.2) is 14.6 Å². The number of nitrogens with zero attached hydrogens (tertiary/aromatic N) is 4. The molecule has 72 valence electrons. The second-order valence-electron chi connectivity index (χ2n) is 1.16. The van der Waals surface area contributed by atoms with Crippen LogP contribution in [0.4, 0.5) is 0 Å². The van der Waals surface area contributed by atoms with Crippen LogP contribution in [0.15, 0.2) is 21.4 Å². The van der Waals surface area contributed by atoms with Crippen LogP contribution in [0.1, 0.15) is 0 Å². The molecule has 0 aromatic rings. The maximum atomic E-state index is 9.55. The van der Waals surface area contributed by atoms with Gasteiger partial charge in [-0.15, -0.1) is 0 Å². The van der Waals surface area contributed by atoms with E-state index < -0.39 is 14.6 Å². The van der Waals surface area contributed by atoms with Gasteiger partial charge in [-0.05, 0) is 0 Å². The topological polar surface area (TPSA) is 155 Å². The Morgan fingerprint density at radius 2 is 0.846 bits per heavy atom. The van der Waals surface area contributed by atoms with Gasteiger partial charge in [0, 0.05) is 0 Å². The summed E-state index contributed by atoms with van der Waals surface area (Å²) in [5.41, 5.74) is 0. The summed E-state index contributed by atoms with van der Waals surface area (Å²) in [7, 11) is 0. The van der Waals surface area contributed by atoms with Crippen molar-refractivity contribution in [3.8, 4) is 0 Å². The van der Waals surface area contributed by atoms with E-state index in [1.54, 1.807) is 21.4 Å². The van der Waals surface area contributed by atoms with Crippen molar-refractivity contribution in [3.05, 3.63) is 19.6 Å². The fraction of sp³-hybridized carbons (Fsp3) is 0. The molecule has 12 nitrogen and oxygen atoms in total. The zero-order valence-corrected chi connectivity index (χ0v) is 7.65. The molecular weight excluding hydrogens is 257 g/mol. The van der Waals surface area contributed by atoms with Gasteiger partial charge in [0.05, 0.1) is 0 Å². The van der Waals surface area contributed by atoms with Crippen LogP contribution in [0.5, 0.6) is 0 Å². The summed E-state index contributed by atoms with van der Waals surface area (Å²) in [6.45, 7) is 0. The Labute approximate surface area is 71.9 Å². The molecule has 0 unspecified atom stereocenters. The fourth-order valence-corrected chi connectivity index (χ4v) is 1.47. The third-order valence-electron chi connectivity index (χ3n) is 0.596. The zero-order valence-electron chi connectivity index (χ0n) is 5.55. The molecule has 0 radical (unpaired) electrons. The molecule has 0 aliphatic carbocycles. The van der Waals surface area contributed by atoms with E-state index in [0.29, 0.717) is 0 Å². The molecule has 0 rings (SSSR count). The average molecular weight is 257 g/mol. The molecule has 13 heavy (non-hydrogen) atoms. The molecular formula is GeN4O8. The van der Waals surface area contributed by atoms with Crippen molar-refractivity contribution in [2.24, 2.45) is 21.4 Å². The molecule has 13 heteroatoms. The van der Waals surface area contributed by atoms with Crippen LogP contribution in [0.3, 0.4) is 0 Å². The Hall–Kier alpha value is -1.86. The minimum absolute atomic E-state index is 1.73. The van der Waals surface area contributed by atoms with Crippen molar-refractivity contribution in [1.29, 1.82) is 0 Å². The number of hydrogen-bond donors (Lipinski definition) is 0. The standard InChI is InChI=1S/GeN4O8/c6-2-10-1(11-3-7,12-4-8)13-5-9. The van der Waals surface area contributed by atoms with E-state index in [2.05, 4.69) is 15.5 Å². The average Bonchev–Trinajstić information content (AvgIpc) is 2.06. The van der Waals surface area contributed by atoms with E-state index in [-0.39, 0.29) is 0 Å². The molecule has 0 aromatic carbocycles. The molecule has 0 fully saturated rings. The summed E-state index contributed by atoms with van der Waals surface area (Å²) < 4.78 is 14.6. The van der Waals surface area contributed by atoms with E-state index in [1.165, 1.54) is 0 Å². The third-order valence-corrected chi connectivity index (χ3v) is 3.10. The van der Waals surface area contributed by atoms with Gasteiger partial charge in [0.1, 0.15) is 0 Å². The Morgan fingerprint density at radius 3 is 1.00 bits per heavy atom. The van der Waals surface area contributed by atoms with Crippen molar-refractivity contribution < 1.29 is 15.5 Å². The first-order chi connectivity index (χ1) is 6.24. The van der Waals surface area contributed by atoms with E-state index in [9.17, 15) is 19.6 Å².